The van der Waals surface area contributed by atoms with Crippen molar-refractivity contribution in [1.82, 2.24) is 0 Å². The number of ether oxygens (including phenoxy) is 3. The van der Waals surface area contributed by atoms with Gasteiger partial charge in [0.25, 0.3) is 5.95 Å². The van der Waals surface area contributed by atoms with Crippen LogP contribution >= 0.6 is 0 Å². The van der Waals surface area contributed by atoms with Gasteiger partial charge in [-0.1, -0.05) is 0 Å². The molecule has 0 fully saturated rings. The molecule has 0 N–H and O–H groups in total. The van der Waals surface area contributed by atoms with Gasteiger partial charge >= 0.3 is 0 Å². The summed E-state index contributed by atoms with van der Waals surface area (Å²) >= 11 is 0. The Hall–Kier alpha value is -0.523. The van der Waals surface area contributed by atoms with E-state index < -0.39 is 14.1 Å². The fraction of sp³-hybridized carbons (Fsp3) is 0.846. The normalized spacial score (nSPS) is 14.2. The van der Waals surface area contributed by atoms with E-state index in [1.807, 2.05) is 13.8 Å². The zero-order valence-electron chi connectivity index (χ0n) is 13.0. The van der Waals surface area contributed by atoms with Crippen LogP contribution in [-0.2, 0) is 18.6 Å². The number of rotatable bonds is 8. The number of hydrogen-bond acceptors (Lipinski definition) is 4. The summed E-state index contributed by atoms with van der Waals surface area (Å²) in [7, 11) is 3.31. The minimum Gasteiger partial charge on any atom is -0.520 e. The van der Waals surface area contributed by atoms with Crippen LogP contribution in [-0.4, -0.2) is 35.4 Å². The summed E-state index contributed by atoms with van der Waals surface area (Å²) in [6.45, 7) is 10.3. The summed E-state index contributed by atoms with van der Waals surface area (Å²) in [6, 6.07) is 0. The molecule has 0 aliphatic heterocycles. The Balaban J connectivity index is 4.64. The van der Waals surface area contributed by atoms with E-state index in [9.17, 15) is 0 Å². The zero-order chi connectivity index (χ0) is 14.4. The molecule has 0 aromatic heterocycles. The molecule has 0 rings (SSSR count). The minimum atomic E-state index is -1.64. The Labute approximate surface area is 112 Å². The maximum absolute atomic E-state index is 5.90. The lowest BCUT2D eigenvalue weighted by Crippen LogP contribution is -2.30. The molecule has 0 radical (unpaired) electrons. The SMILES string of the molecule is CO/C(O[Si](C)(C)C)=C(\C)CCC(C)(OC)OC. The first kappa shape index (κ1) is 17.5. The molecular formula is C13H28O4Si. The molecule has 0 unspecified atom stereocenters. The molecule has 4 nitrogen and oxygen atoms in total. The average molecular weight is 276 g/mol. The molecule has 5 heteroatoms. The lowest BCUT2D eigenvalue weighted by molar-refractivity contribution is -0.196. The van der Waals surface area contributed by atoms with E-state index >= 15 is 0 Å². The molecule has 0 aliphatic rings. The predicted molar refractivity (Wildman–Crippen MR) is 75.8 cm³/mol. The first-order valence-electron chi connectivity index (χ1n) is 6.20. The molecule has 0 amide bonds. The van der Waals surface area contributed by atoms with Gasteiger partial charge in [-0.3, -0.25) is 0 Å². The Bertz CT molecular complexity index is 277. The smallest absolute Gasteiger partial charge is 0.263 e. The molecule has 0 spiro atoms. The van der Waals surface area contributed by atoms with Gasteiger partial charge in [0.05, 0.1) is 7.11 Å². The maximum atomic E-state index is 5.90. The Kier molecular flexibility index (Phi) is 6.95. The second-order valence-corrected chi connectivity index (χ2v) is 9.96. The van der Waals surface area contributed by atoms with Crippen LogP contribution in [0.25, 0.3) is 0 Å². The van der Waals surface area contributed by atoms with Crippen LogP contribution in [0.1, 0.15) is 26.7 Å². The number of allylic oxidation sites excluding steroid dienone is 1. The molecule has 0 aliphatic carbocycles. The lowest BCUT2D eigenvalue weighted by Gasteiger charge is -2.27. The van der Waals surface area contributed by atoms with Crippen molar-refractivity contribution in [2.75, 3.05) is 21.3 Å². The topological polar surface area (TPSA) is 36.9 Å². The molecule has 18 heavy (non-hydrogen) atoms. The summed E-state index contributed by atoms with van der Waals surface area (Å²) in [5, 5.41) is 0. The molecule has 0 saturated carbocycles. The quantitative estimate of drug-likeness (QED) is 0.386. The molecule has 0 aromatic carbocycles. The Morgan fingerprint density at radius 2 is 1.56 bits per heavy atom. The van der Waals surface area contributed by atoms with E-state index in [0.717, 1.165) is 18.4 Å². The Morgan fingerprint density at radius 1 is 1.06 bits per heavy atom. The van der Waals surface area contributed by atoms with Crippen molar-refractivity contribution in [2.45, 2.75) is 52.1 Å². The van der Waals surface area contributed by atoms with Gasteiger partial charge in [-0.15, -0.1) is 0 Å². The fourth-order valence-electron chi connectivity index (χ4n) is 1.39. The average Bonchev–Trinajstić information content (AvgIpc) is 2.31. The highest BCUT2D eigenvalue weighted by atomic mass is 28.4. The van der Waals surface area contributed by atoms with E-state index in [0.29, 0.717) is 5.95 Å². The largest absolute Gasteiger partial charge is 0.520 e. The van der Waals surface area contributed by atoms with Crippen LogP contribution in [0, 0.1) is 0 Å². The predicted octanol–water partition coefficient (Wildman–Crippen LogP) is 3.51. The first-order chi connectivity index (χ1) is 8.17. The highest BCUT2D eigenvalue weighted by Crippen LogP contribution is 2.23. The highest BCUT2D eigenvalue weighted by Gasteiger charge is 2.24. The van der Waals surface area contributed by atoms with Crippen LogP contribution in [0.2, 0.25) is 19.6 Å². The van der Waals surface area contributed by atoms with Crippen LogP contribution < -0.4 is 0 Å². The van der Waals surface area contributed by atoms with E-state index in [1.54, 1.807) is 21.3 Å². The van der Waals surface area contributed by atoms with Crippen LogP contribution in [0.3, 0.4) is 0 Å². The monoisotopic (exact) mass is 276 g/mol. The zero-order valence-corrected chi connectivity index (χ0v) is 14.0. The van der Waals surface area contributed by atoms with Crippen LogP contribution in [0.5, 0.6) is 0 Å². The molecule has 0 atom stereocenters. The van der Waals surface area contributed by atoms with Crippen molar-refractivity contribution < 1.29 is 18.6 Å². The number of hydrogen-bond donors (Lipinski definition) is 0. The van der Waals surface area contributed by atoms with Crippen LogP contribution in [0.15, 0.2) is 11.5 Å². The summed E-state index contributed by atoms with van der Waals surface area (Å²) in [6.07, 6.45) is 1.57. The Morgan fingerprint density at radius 3 is 1.89 bits per heavy atom. The van der Waals surface area contributed by atoms with Gasteiger partial charge in [-0.05, 0) is 39.9 Å². The molecule has 108 valence electrons. The summed E-state index contributed by atoms with van der Waals surface area (Å²) in [4.78, 5) is 0. The van der Waals surface area contributed by atoms with Gasteiger partial charge in [0, 0.05) is 26.2 Å². The molecule has 0 heterocycles. The van der Waals surface area contributed by atoms with Crippen molar-refractivity contribution in [1.29, 1.82) is 0 Å². The van der Waals surface area contributed by atoms with Gasteiger partial charge in [0.15, 0.2) is 5.79 Å². The molecule has 0 aromatic rings. The van der Waals surface area contributed by atoms with E-state index in [4.69, 9.17) is 18.6 Å². The van der Waals surface area contributed by atoms with Crippen LogP contribution in [0.4, 0.5) is 0 Å². The second kappa shape index (κ2) is 7.16. The molecule has 0 saturated heterocycles. The van der Waals surface area contributed by atoms with Gasteiger partial charge < -0.3 is 18.6 Å². The first-order valence-corrected chi connectivity index (χ1v) is 9.61. The number of methoxy groups -OCH3 is 3. The summed E-state index contributed by atoms with van der Waals surface area (Å²) in [5.74, 6) is 0.0861. The van der Waals surface area contributed by atoms with Crippen molar-refractivity contribution in [2.24, 2.45) is 0 Å². The second-order valence-electron chi connectivity index (χ2n) is 5.53. The van der Waals surface area contributed by atoms with Gasteiger partial charge in [0.1, 0.15) is 0 Å². The van der Waals surface area contributed by atoms with E-state index in [1.165, 1.54) is 0 Å². The van der Waals surface area contributed by atoms with E-state index in [2.05, 4.69) is 19.6 Å². The van der Waals surface area contributed by atoms with Crippen molar-refractivity contribution >= 4 is 8.32 Å². The highest BCUT2D eigenvalue weighted by molar-refractivity contribution is 6.70. The third-order valence-corrected chi connectivity index (χ3v) is 3.55. The lowest BCUT2D eigenvalue weighted by atomic mass is 10.1. The van der Waals surface area contributed by atoms with Crippen molar-refractivity contribution in [3.63, 3.8) is 0 Å². The summed E-state index contributed by atoms with van der Waals surface area (Å²) in [5.41, 5.74) is 1.08. The van der Waals surface area contributed by atoms with E-state index in [-0.39, 0.29) is 0 Å². The molecular weight excluding hydrogens is 248 g/mol. The molecule has 0 bridgehead atoms. The van der Waals surface area contributed by atoms with Gasteiger partial charge in [0.2, 0.25) is 8.32 Å². The standard InChI is InChI=1S/C13H28O4Si/c1-11(9-10-13(2,15-4)16-5)12(14-3)17-18(6,7)8/h9-10H2,1-8H3/b12-11-. The van der Waals surface area contributed by atoms with Gasteiger partial charge in [-0.25, -0.2) is 0 Å². The third-order valence-electron chi connectivity index (χ3n) is 2.75. The third kappa shape index (κ3) is 6.42. The maximum Gasteiger partial charge on any atom is 0.263 e. The summed E-state index contributed by atoms with van der Waals surface area (Å²) < 4.78 is 21.9. The fourth-order valence-corrected chi connectivity index (χ4v) is 2.20. The van der Waals surface area contributed by atoms with Crippen molar-refractivity contribution in [3.8, 4) is 0 Å². The van der Waals surface area contributed by atoms with Crippen molar-refractivity contribution in [3.05, 3.63) is 11.5 Å². The minimum absolute atomic E-state index is 0.556. The van der Waals surface area contributed by atoms with Gasteiger partial charge in [-0.2, -0.15) is 0 Å².